The minimum atomic E-state index is 0.167. The predicted octanol–water partition coefficient (Wildman–Crippen LogP) is 4.98. The third kappa shape index (κ3) is 3.32. The van der Waals surface area contributed by atoms with E-state index in [0.717, 1.165) is 39.7 Å². The fraction of sp³-hybridized carbons (Fsp3) is 0.476. The standard InChI is InChI=1S/C21H25NO3S/c1-14(2)22(16-5-3-4-6-16)21(23)20-10-9-19(26-20)15-7-8-17-18(13-15)25-12-11-24-17/h7-10,13-14,16H,3-6,11-12H2,1-2H3. The van der Waals surface area contributed by atoms with Crippen molar-refractivity contribution in [2.45, 2.75) is 51.6 Å². The number of fused-ring (bicyclic) bond motifs is 1. The molecular weight excluding hydrogens is 346 g/mol. The Morgan fingerprint density at radius 2 is 1.81 bits per heavy atom. The predicted molar refractivity (Wildman–Crippen MR) is 104 cm³/mol. The highest BCUT2D eigenvalue weighted by molar-refractivity contribution is 7.17. The van der Waals surface area contributed by atoms with E-state index in [0.29, 0.717) is 19.3 Å². The molecule has 0 N–H and O–H groups in total. The molecule has 1 aliphatic carbocycles. The Kier molecular flexibility index (Phi) is 4.90. The molecule has 2 aliphatic rings. The van der Waals surface area contributed by atoms with Gasteiger partial charge in [0.25, 0.3) is 5.91 Å². The molecule has 0 bridgehead atoms. The summed E-state index contributed by atoms with van der Waals surface area (Å²) in [5.41, 5.74) is 1.07. The number of nitrogens with zero attached hydrogens (tertiary/aromatic N) is 1. The molecular formula is C21H25NO3S. The van der Waals surface area contributed by atoms with E-state index in [1.54, 1.807) is 11.3 Å². The Morgan fingerprint density at radius 3 is 2.54 bits per heavy atom. The van der Waals surface area contributed by atoms with Crippen LogP contribution in [0.1, 0.15) is 49.2 Å². The van der Waals surface area contributed by atoms with Crippen LogP contribution in [0.3, 0.4) is 0 Å². The summed E-state index contributed by atoms with van der Waals surface area (Å²) in [6.07, 6.45) is 4.72. The van der Waals surface area contributed by atoms with Gasteiger partial charge in [-0.05, 0) is 62.6 Å². The third-order valence-corrected chi connectivity index (χ3v) is 6.27. The van der Waals surface area contributed by atoms with Crippen LogP contribution in [-0.2, 0) is 0 Å². The number of carbonyl (C=O) groups is 1. The van der Waals surface area contributed by atoms with Crippen molar-refractivity contribution in [1.29, 1.82) is 0 Å². The Labute approximate surface area is 158 Å². The number of ether oxygens (including phenoxy) is 2. The minimum absolute atomic E-state index is 0.167. The zero-order valence-electron chi connectivity index (χ0n) is 15.4. The smallest absolute Gasteiger partial charge is 0.264 e. The molecule has 1 aliphatic heterocycles. The second-order valence-corrected chi connectivity index (χ2v) is 8.35. The fourth-order valence-corrected chi connectivity index (χ4v) is 4.88. The molecule has 2 aromatic rings. The van der Waals surface area contributed by atoms with E-state index >= 15 is 0 Å². The summed E-state index contributed by atoms with van der Waals surface area (Å²) in [7, 11) is 0. The SMILES string of the molecule is CC(C)N(C(=O)c1ccc(-c2ccc3c(c2)OCCO3)s1)C1CCCC1. The van der Waals surface area contributed by atoms with Crippen LogP contribution in [-0.4, -0.2) is 36.1 Å². The molecule has 0 atom stereocenters. The van der Waals surface area contributed by atoms with Gasteiger partial charge in [0.15, 0.2) is 11.5 Å². The summed E-state index contributed by atoms with van der Waals surface area (Å²) in [6.45, 7) is 5.41. The van der Waals surface area contributed by atoms with Gasteiger partial charge < -0.3 is 14.4 Å². The lowest BCUT2D eigenvalue weighted by molar-refractivity contribution is 0.0618. The lowest BCUT2D eigenvalue weighted by Crippen LogP contribution is -2.43. The fourth-order valence-electron chi connectivity index (χ4n) is 3.94. The van der Waals surface area contributed by atoms with E-state index in [1.807, 2.05) is 30.3 Å². The highest BCUT2D eigenvalue weighted by atomic mass is 32.1. The van der Waals surface area contributed by atoms with Crippen molar-refractivity contribution in [1.82, 2.24) is 4.90 Å². The van der Waals surface area contributed by atoms with Crippen LogP contribution in [0.4, 0.5) is 0 Å². The number of thiophene rings is 1. The molecule has 0 radical (unpaired) electrons. The van der Waals surface area contributed by atoms with Gasteiger partial charge in [0.05, 0.1) is 4.88 Å². The molecule has 1 amide bonds. The molecule has 4 rings (SSSR count). The molecule has 1 fully saturated rings. The number of rotatable bonds is 4. The summed E-state index contributed by atoms with van der Waals surface area (Å²) >= 11 is 1.56. The van der Waals surface area contributed by atoms with Crippen molar-refractivity contribution < 1.29 is 14.3 Å². The first kappa shape index (κ1) is 17.4. The van der Waals surface area contributed by atoms with Crippen LogP contribution < -0.4 is 9.47 Å². The Balaban J connectivity index is 1.58. The minimum Gasteiger partial charge on any atom is -0.486 e. The number of hydrogen-bond donors (Lipinski definition) is 0. The summed E-state index contributed by atoms with van der Waals surface area (Å²) < 4.78 is 11.3. The van der Waals surface area contributed by atoms with Crippen molar-refractivity contribution in [2.75, 3.05) is 13.2 Å². The second kappa shape index (κ2) is 7.31. The zero-order chi connectivity index (χ0) is 18.1. The van der Waals surface area contributed by atoms with Crippen molar-refractivity contribution in [3.63, 3.8) is 0 Å². The maximum atomic E-state index is 13.1. The monoisotopic (exact) mass is 371 g/mol. The molecule has 1 saturated carbocycles. The number of hydrogen-bond acceptors (Lipinski definition) is 4. The van der Waals surface area contributed by atoms with Gasteiger partial charge in [0.2, 0.25) is 0 Å². The van der Waals surface area contributed by atoms with Crippen LogP contribution in [0, 0.1) is 0 Å². The Hall–Kier alpha value is -2.01. The van der Waals surface area contributed by atoms with Crippen molar-refractivity contribution in [3.8, 4) is 21.9 Å². The van der Waals surface area contributed by atoms with E-state index in [-0.39, 0.29) is 11.9 Å². The van der Waals surface area contributed by atoms with Crippen molar-refractivity contribution in [3.05, 3.63) is 35.2 Å². The van der Waals surface area contributed by atoms with Gasteiger partial charge in [-0.15, -0.1) is 11.3 Å². The van der Waals surface area contributed by atoms with Gasteiger partial charge in [0, 0.05) is 17.0 Å². The Morgan fingerprint density at radius 1 is 1.08 bits per heavy atom. The van der Waals surface area contributed by atoms with E-state index in [2.05, 4.69) is 18.7 Å². The lowest BCUT2D eigenvalue weighted by atomic mass is 10.1. The van der Waals surface area contributed by atoms with Crippen molar-refractivity contribution in [2.24, 2.45) is 0 Å². The molecule has 138 valence electrons. The first-order valence-corrected chi connectivity index (χ1v) is 10.3. The summed E-state index contributed by atoms with van der Waals surface area (Å²) in [5, 5.41) is 0. The van der Waals surface area contributed by atoms with Crippen LogP contribution in [0.25, 0.3) is 10.4 Å². The topological polar surface area (TPSA) is 38.8 Å². The lowest BCUT2D eigenvalue weighted by Gasteiger charge is -2.32. The largest absolute Gasteiger partial charge is 0.486 e. The molecule has 1 aromatic heterocycles. The highest BCUT2D eigenvalue weighted by Crippen LogP contribution is 2.37. The number of benzene rings is 1. The molecule has 5 heteroatoms. The normalized spacial score (nSPS) is 16.9. The highest BCUT2D eigenvalue weighted by Gasteiger charge is 2.30. The summed E-state index contributed by atoms with van der Waals surface area (Å²) in [4.78, 5) is 17.1. The van der Waals surface area contributed by atoms with E-state index in [9.17, 15) is 4.79 Å². The molecule has 0 spiro atoms. The first-order chi connectivity index (χ1) is 12.6. The van der Waals surface area contributed by atoms with Crippen LogP contribution in [0.15, 0.2) is 30.3 Å². The van der Waals surface area contributed by atoms with Crippen LogP contribution in [0.2, 0.25) is 0 Å². The van der Waals surface area contributed by atoms with Gasteiger partial charge in [-0.1, -0.05) is 12.8 Å². The average molecular weight is 372 g/mol. The van der Waals surface area contributed by atoms with E-state index in [1.165, 1.54) is 12.8 Å². The maximum absolute atomic E-state index is 13.1. The Bertz CT molecular complexity index is 792. The van der Waals surface area contributed by atoms with Gasteiger partial charge >= 0.3 is 0 Å². The number of carbonyl (C=O) groups excluding carboxylic acids is 1. The summed E-state index contributed by atoms with van der Waals surface area (Å²) in [5.74, 6) is 1.74. The molecule has 2 heterocycles. The maximum Gasteiger partial charge on any atom is 0.264 e. The number of amides is 1. The molecule has 4 nitrogen and oxygen atoms in total. The first-order valence-electron chi connectivity index (χ1n) is 9.46. The van der Waals surface area contributed by atoms with Crippen LogP contribution >= 0.6 is 11.3 Å². The van der Waals surface area contributed by atoms with Gasteiger partial charge in [-0.3, -0.25) is 4.79 Å². The van der Waals surface area contributed by atoms with Crippen molar-refractivity contribution >= 4 is 17.2 Å². The van der Waals surface area contributed by atoms with Gasteiger partial charge in [-0.2, -0.15) is 0 Å². The van der Waals surface area contributed by atoms with Gasteiger partial charge in [0.1, 0.15) is 13.2 Å². The van der Waals surface area contributed by atoms with E-state index < -0.39 is 0 Å². The zero-order valence-corrected chi connectivity index (χ0v) is 16.2. The molecule has 0 unspecified atom stereocenters. The summed E-state index contributed by atoms with van der Waals surface area (Å²) in [6, 6.07) is 10.6. The quantitative estimate of drug-likeness (QED) is 0.761. The third-order valence-electron chi connectivity index (χ3n) is 5.15. The molecule has 0 saturated heterocycles. The van der Waals surface area contributed by atoms with E-state index in [4.69, 9.17) is 9.47 Å². The molecule has 1 aromatic carbocycles. The van der Waals surface area contributed by atoms with Crippen LogP contribution in [0.5, 0.6) is 11.5 Å². The second-order valence-electron chi connectivity index (χ2n) is 7.27. The van der Waals surface area contributed by atoms with Gasteiger partial charge in [-0.25, -0.2) is 0 Å². The molecule has 26 heavy (non-hydrogen) atoms. The average Bonchev–Trinajstić information content (AvgIpc) is 3.33.